The van der Waals surface area contributed by atoms with Crippen LogP contribution in [0.15, 0.2) is 18.2 Å². The largest absolute Gasteiger partial charge is 0.458 e. The van der Waals surface area contributed by atoms with Crippen LogP contribution in [0.5, 0.6) is 0 Å². The fraction of sp³-hybridized carbons (Fsp3) is 0.500. The molecule has 1 saturated carbocycles. The summed E-state index contributed by atoms with van der Waals surface area (Å²) in [6.45, 7) is 2.27. The molecule has 0 bridgehead atoms. The molecule has 0 amide bonds. The van der Waals surface area contributed by atoms with Crippen molar-refractivity contribution in [3.63, 3.8) is 0 Å². The smallest absolute Gasteiger partial charge is 0.205 e. The highest BCUT2D eigenvalue weighted by Crippen LogP contribution is 2.31. The van der Waals surface area contributed by atoms with E-state index in [1.165, 1.54) is 31.6 Å². The second-order valence-electron chi connectivity index (χ2n) is 6.71. The summed E-state index contributed by atoms with van der Waals surface area (Å²) < 4.78 is 63.7. The molecule has 1 aliphatic rings. The molecule has 25 heavy (non-hydrogen) atoms. The minimum absolute atomic E-state index is 0.282. The quantitative estimate of drug-likeness (QED) is 0.427. The van der Waals surface area contributed by atoms with Gasteiger partial charge in [0.05, 0.1) is 5.56 Å². The van der Waals surface area contributed by atoms with E-state index < -0.39 is 23.4 Å². The van der Waals surface area contributed by atoms with Crippen LogP contribution < -0.4 is 0 Å². The normalized spacial score (nSPS) is 21.2. The lowest BCUT2D eigenvalue weighted by Crippen LogP contribution is -2.11. The van der Waals surface area contributed by atoms with E-state index in [9.17, 15) is 22.0 Å². The van der Waals surface area contributed by atoms with Crippen molar-refractivity contribution in [3.05, 3.63) is 41.0 Å². The van der Waals surface area contributed by atoms with Crippen molar-refractivity contribution in [3.8, 4) is 11.8 Å². The third-order valence-electron chi connectivity index (χ3n) is 4.58. The third-order valence-corrected chi connectivity index (χ3v) is 4.58. The molecular weight excluding hydrogens is 335 g/mol. The zero-order valence-corrected chi connectivity index (χ0v) is 14.1. The van der Waals surface area contributed by atoms with Crippen molar-refractivity contribution in [2.75, 3.05) is 0 Å². The molecular formula is C20H21F5. The minimum atomic E-state index is -4.78. The monoisotopic (exact) mass is 356 g/mol. The van der Waals surface area contributed by atoms with Gasteiger partial charge in [0.1, 0.15) is 11.6 Å². The first-order valence-corrected chi connectivity index (χ1v) is 8.50. The van der Waals surface area contributed by atoms with Crippen LogP contribution in [0.3, 0.4) is 0 Å². The standard InChI is InChI=1S/C20H21F5/c1-14-6-8-15(9-7-14)4-2-3-5-16-12-18(21)17(19(22)13-16)10-11-20(23,24)25/h3,5,12-15H,2,4,6-9H2,1H3/b5-3+. The Morgan fingerprint density at radius 3 is 2.24 bits per heavy atom. The average molecular weight is 356 g/mol. The molecule has 0 atom stereocenters. The van der Waals surface area contributed by atoms with Crippen LogP contribution in [0.4, 0.5) is 22.0 Å². The number of benzene rings is 1. The second kappa shape index (κ2) is 8.51. The van der Waals surface area contributed by atoms with Crippen molar-refractivity contribution in [2.45, 2.75) is 51.6 Å². The van der Waals surface area contributed by atoms with Crippen LogP contribution in [-0.2, 0) is 0 Å². The van der Waals surface area contributed by atoms with E-state index in [0.717, 1.165) is 36.8 Å². The number of rotatable bonds is 4. The molecule has 0 aliphatic heterocycles. The van der Waals surface area contributed by atoms with E-state index in [1.807, 2.05) is 6.08 Å². The first-order valence-electron chi connectivity index (χ1n) is 8.50. The number of alkyl halides is 3. The van der Waals surface area contributed by atoms with Gasteiger partial charge in [-0.25, -0.2) is 8.78 Å². The van der Waals surface area contributed by atoms with E-state index in [4.69, 9.17) is 0 Å². The number of hydrogen-bond donors (Lipinski definition) is 0. The summed E-state index contributed by atoms with van der Waals surface area (Å²) in [5.74, 6) is 1.73. The fourth-order valence-electron chi connectivity index (χ4n) is 3.11. The molecule has 5 heteroatoms. The summed E-state index contributed by atoms with van der Waals surface area (Å²) in [5, 5.41) is 0. The van der Waals surface area contributed by atoms with Gasteiger partial charge in [0.2, 0.25) is 0 Å². The van der Waals surface area contributed by atoms with Crippen LogP contribution >= 0.6 is 0 Å². The first kappa shape index (κ1) is 19.5. The number of hydrogen-bond acceptors (Lipinski definition) is 0. The van der Waals surface area contributed by atoms with Gasteiger partial charge in [0.15, 0.2) is 0 Å². The minimum Gasteiger partial charge on any atom is -0.205 e. The molecule has 1 fully saturated rings. The summed E-state index contributed by atoms with van der Waals surface area (Å²) in [7, 11) is 0. The molecule has 136 valence electrons. The summed E-state index contributed by atoms with van der Waals surface area (Å²) >= 11 is 0. The van der Waals surface area contributed by atoms with Crippen molar-refractivity contribution in [1.82, 2.24) is 0 Å². The van der Waals surface area contributed by atoms with E-state index in [0.29, 0.717) is 5.92 Å². The van der Waals surface area contributed by atoms with Gasteiger partial charge < -0.3 is 0 Å². The van der Waals surface area contributed by atoms with Crippen molar-refractivity contribution in [2.24, 2.45) is 11.8 Å². The third kappa shape index (κ3) is 6.53. The summed E-state index contributed by atoms with van der Waals surface area (Å²) in [6, 6.07) is 2.00. The van der Waals surface area contributed by atoms with Crippen LogP contribution in [0, 0.1) is 35.3 Å². The molecule has 1 aromatic carbocycles. The Kier molecular flexibility index (Phi) is 6.64. The molecule has 0 saturated heterocycles. The Labute approximate surface area is 145 Å². The van der Waals surface area contributed by atoms with Gasteiger partial charge in [-0.15, -0.1) is 0 Å². The van der Waals surface area contributed by atoms with E-state index in [-0.39, 0.29) is 5.56 Å². The lowest BCUT2D eigenvalue weighted by atomic mass is 9.81. The van der Waals surface area contributed by atoms with Crippen LogP contribution in [-0.4, -0.2) is 6.18 Å². The van der Waals surface area contributed by atoms with Crippen molar-refractivity contribution < 1.29 is 22.0 Å². The Morgan fingerprint density at radius 2 is 1.68 bits per heavy atom. The Hall–Kier alpha value is -1.83. The predicted molar refractivity (Wildman–Crippen MR) is 88.7 cm³/mol. The average Bonchev–Trinajstić information content (AvgIpc) is 2.51. The Morgan fingerprint density at radius 1 is 1.08 bits per heavy atom. The Bertz CT molecular complexity index is 645. The molecule has 0 aromatic heterocycles. The maximum absolute atomic E-state index is 13.8. The second-order valence-corrected chi connectivity index (χ2v) is 6.71. The molecule has 0 radical (unpaired) electrons. The Balaban J connectivity index is 1.95. The van der Waals surface area contributed by atoms with Gasteiger partial charge >= 0.3 is 6.18 Å². The van der Waals surface area contributed by atoms with Gasteiger partial charge in [0.25, 0.3) is 0 Å². The molecule has 0 N–H and O–H groups in total. The van der Waals surface area contributed by atoms with Crippen LogP contribution in [0.25, 0.3) is 6.08 Å². The maximum Gasteiger partial charge on any atom is 0.458 e. The molecule has 2 rings (SSSR count). The number of halogens is 5. The van der Waals surface area contributed by atoms with Gasteiger partial charge in [-0.2, -0.15) is 13.2 Å². The SMILES string of the molecule is CC1CCC(CC/C=C/c2cc(F)c(C#CC(F)(F)F)c(F)c2)CC1. The predicted octanol–water partition coefficient (Wildman–Crippen LogP) is 6.50. The number of allylic oxidation sites excluding steroid dienone is 1. The molecule has 0 unspecified atom stereocenters. The van der Waals surface area contributed by atoms with E-state index >= 15 is 0 Å². The van der Waals surface area contributed by atoms with E-state index in [2.05, 4.69) is 6.92 Å². The maximum atomic E-state index is 13.8. The van der Waals surface area contributed by atoms with E-state index in [1.54, 1.807) is 6.08 Å². The van der Waals surface area contributed by atoms with Gasteiger partial charge in [-0.05, 0) is 42.4 Å². The highest BCUT2D eigenvalue weighted by Gasteiger charge is 2.23. The summed E-state index contributed by atoms with van der Waals surface area (Å²) in [6.07, 6.45) is 5.49. The lowest BCUT2D eigenvalue weighted by Gasteiger charge is -2.25. The molecule has 1 aromatic rings. The van der Waals surface area contributed by atoms with Gasteiger partial charge in [0, 0.05) is 5.92 Å². The topological polar surface area (TPSA) is 0 Å². The molecule has 1 aliphatic carbocycles. The molecule has 0 spiro atoms. The van der Waals surface area contributed by atoms with Crippen molar-refractivity contribution in [1.29, 1.82) is 0 Å². The zero-order valence-electron chi connectivity index (χ0n) is 14.1. The summed E-state index contributed by atoms with van der Waals surface area (Å²) in [5.41, 5.74) is -0.573. The first-order chi connectivity index (χ1) is 11.7. The highest BCUT2D eigenvalue weighted by molar-refractivity contribution is 5.52. The molecule has 0 nitrogen and oxygen atoms in total. The highest BCUT2D eigenvalue weighted by atomic mass is 19.4. The lowest BCUT2D eigenvalue weighted by molar-refractivity contribution is -0.0696. The van der Waals surface area contributed by atoms with Gasteiger partial charge in [-0.1, -0.05) is 50.7 Å². The van der Waals surface area contributed by atoms with Crippen LogP contribution in [0.2, 0.25) is 0 Å². The fourth-order valence-corrected chi connectivity index (χ4v) is 3.11. The zero-order chi connectivity index (χ0) is 18.4. The summed E-state index contributed by atoms with van der Waals surface area (Å²) in [4.78, 5) is 0. The van der Waals surface area contributed by atoms with Crippen LogP contribution in [0.1, 0.15) is 56.6 Å². The van der Waals surface area contributed by atoms with Crippen molar-refractivity contribution >= 4 is 6.08 Å². The van der Waals surface area contributed by atoms with Gasteiger partial charge in [-0.3, -0.25) is 0 Å². The molecule has 0 heterocycles.